The molecule has 83 heavy (non-hydrogen) atoms. The van der Waals surface area contributed by atoms with Gasteiger partial charge in [-0.05, 0) is 120 Å². The average Bonchev–Trinajstić information content (AvgIpc) is 4.32. The molecule has 0 saturated carbocycles. The molecule has 0 radical (unpaired) electrons. The number of ether oxygens (including phenoxy) is 2. The molecule has 0 unspecified atom stereocenters. The lowest BCUT2D eigenvalue weighted by atomic mass is 10.0. The molecule has 2 fully saturated rings. The number of anilines is 2. The van der Waals surface area contributed by atoms with Crippen LogP contribution in [0.5, 0.6) is 11.5 Å². The van der Waals surface area contributed by atoms with E-state index in [1.807, 2.05) is 67.5 Å². The summed E-state index contributed by atoms with van der Waals surface area (Å²) in [7, 11) is 3.77. The maximum absolute atomic E-state index is 13.1. The fourth-order valence-electron chi connectivity index (χ4n) is 9.75. The van der Waals surface area contributed by atoms with Crippen molar-refractivity contribution in [1.29, 1.82) is 0 Å². The van der Waals surface area contributed by atoms with Gasteiger partial charge >= 0.3 is 12.1 Å². The summed E-state index contributed by atoms with van der Waals surface area (Å²) in [5.74, 6) is 1.74. The number of hydrogen-bond acceptors (Lipinski definition) is 14. The number of piperidine rings is 2. The van der Waals surface area contributed by atoms with E-state index in [-0.39, 0.29) is 29.5 Å². The number of hydrogen-bond donors (Lipinski definition) is 4. The van der Waals surface area contributed by atoms with Gasteiger partial charge in [0.2, 0.25) is 0 Å². The maximum atomic E-state index is 13.1. The highest BCUT2D eigenvalue weighted by molar-refractivity contribution is 8.11. The lowest BCUT2D eigenvalue weighted by Gasteiger charge is -2.36. The summed E-state index contributed by atoms with van der Waals surface area (Å²) >= 11 is 9.53. The molecule has 2 aromatic heterocycles. The van der Waals surface area contributed by atoms with Crippen molar-refractivity contribution in [3.05, 3.63) is 133 Å². The van der Waals surface area contributed by atoms with Gasteiger partial charge in [0.15, 0.2) is 0 Å². The van der Waals surface area contributed by atoms with Crippen molar-refractivity contribution >= 4 is 76.8 Å². The Balaban J connectivity index is 0.000000280. The second kappa shape index (κ2) is 34.1. The highest BCUT2D eigenvalue weighted by atomic mass is 35.7. The van der Waals surface area contributed by atoms with Crippen molar-refractivity contribution in [2.45, 2.75) is 97.6 Å². The number of aromatic nitrogens is 4. The summed E-state index contributed by atoms with van der Waals surface area (Å²) in [6.07, 6.45) is 10.1. The van der Waals surface area contributed by atoms with E-state index in [2.05, 4.69) is 104 Å². The number of likely N-dealkylation sites (tertiary alicyclic amines) is 2. The van der Waals surface area contributed by atoms with Crippen molar-refractivity contribution in [2.75, 3.05) is 76.8 Å². The molecule has 26 heteroatoms. The Hall–Kier alpha value is -5.99. The Kier molecular flexibility index (Phi) is 28.5. The molecule has 0 atom stereocenters. The summed E-state index contributed by atoms with van der Waals surface area (Å²) in [5.41, 5.74) is 12.2. The van der Waals surface area contributed by atoms with Gasteiger partial charge in [0.25, 0.3) is 19.4 Å². The molecule has 21 nitrogen and oxygen atoms in total. The predicted octanol–water partition coefficient (Wildman–Crippen LogP) is 9.42. The number of amides is 2. The molecule has 2 amide bonds. The zero-order chi connectivity index (χ0) is 61.4. The van der Waals surface area contributed by atoms with Gasteiger partial charge in [-0.1, -0.05) is 55.5 Å². The largest absolute Gasteiger partial charge is 0.497 e. The van der Waals surface area contributed by atoms with Crippen molar-refractivity contribution in [1.82, 2.24) is 43.6 Å². The number of imidazole rings is 2. The number of rotatable bonds is 15. The van der Waals surface area contributed by atoms with Crippen LogP contribution in [0.4, 0.5) is 21.0 Å². The third-order valence-electron chi connectivity index (χ3n) is 13.8. The lowest BCUT2D eigenvalue weighted by molar-refractivity contribution is 0.131. The van der Waals surface area contributed by atoms with Crippen LogP contribution in [0, 0.1) is 0 Å². The second-order valence-electron chi connectivity index (χ2n) is 20.3. The normalized spacial score (nSPS) is 14.2. The van der Waals surface area contributed by atoms with Gasteiger partial charge in [-0.3, -0.25) is 28.6 Å². The first-order valence-corrected chi connectivity index (χ1v) is 31.9. The summed E-state index contributed by atoms with van der Waals surface area (Å²) in [6, 6.07) is 32.0. The van der Waals surface area contributed by atoms with Crippen molar-refractivity contribution in [3.63, 3.8) is 0 Å². The Morgan fingerprint density at radius 2 is 1.05 bits per heavy atom. The minimum absolute atomic E-state index is 0.0612. The maximum Gasteiger partial charge on any atom is 0.329 e. The van der Waals surface area contributed by atoms with Crippen LogP contribution in [0.25, 0.3) is 22.5 Å². The molecule has 6 aromatic rings. The van der Waals surface area contributed by atoms with Crippen LogP contribution in [0.1, 0.15) is 71.4 Å². The number of halogens is 3. The minimum atomic E-state index is -3.88. The Morgan fingerprint density at radius 3 is 1.40 bits per heavy atom. The first-order chi connectivity index (χ1) is 39.2. The standard InChI is InChI=1S/C24H30N6O4S.C24H29N5O2.C8H19N.CH2Cl2.ClH2NO2S/c1-28(21-9-11-29(12-10-21)15-18-5-3-8-22(13-18)34-2)24(31)30-16-23(26-17-30)19-6-4-7-20(14-19)27-35(25,32)33;1-27(24(30)29-16-23(26-17-29)19-6-4-7-20(25)14-19)21-9-11-28(12-10-21)15-18-5-3-8-22(13-18)31-2;1-6-9(7(2)3)8(4)5;2-1-3;1-5(2,3)4/h3-8,13-14,16-17,21,27H,9-12,15H2,1-2H3,(H2,25,32,33);3-8,13-14,16-17,21H,9-12,15,25H2,1-2H3;7-8H,6H2,1-5H3;1H2;(H2,2,3,4). The third kappa shape index (κ3) is 24.3. The number of carbonyl (C=O) groups excluding carboxylic acids is 2. The van der Waals surface area contributed by atoms with Gasteiger partial charge in [0, 0.05) is 117 Å². The molecule has 8 rings (SSSR count). The monoisotopic (exact) mass is 1250 g/mol. The smallest absolute Gasteiger partial charge is 0.329 e. The predicted molar refractivity (Wildman–Crippen MR) is 334 cm³/mol. The second-order valence-corrected chi connectivity index (χ2v) is 24.6. The Bertz CT molecular complexity index is 3160. The molecular formula is C57H82Cl3N13O8S2. The van der Waals surface area contributed by atoms with Crippen LogP contribution in [0.3, 0.4) is 0 Å². The zero-order valence-corrected chi connectivity index (χ0v) is 52.7. The molecule has 4 heterocycles. The van der Waals surface area contributed by atoms with E-state index in [0.717, 1.165) is 94.3 Å². The van der Waals surface area contributed by atoms with E-state index in [4.69, 9.17) is 43.5 Å². The van der Waals surface area contributed by atoms with E-state index < -0.39 is 19.4 Å². The fraction of sp³-hybridized carbons (Fsp3) is 0.439. The van der Waals surface area contributed by atoms with E-state index in [9.17, 15) is 26.4 Å². The van der Waals surface area contributed by atoms with Crippen LogP contribution in [-0.2, 0) is 32.5 Å². The fourth-order valence-corrected chi connectivity index (χ4v) is 10.2. The molecule has 4 aromatic carbocycles. The number of alkyl halides is 2. The minimum Gasteiger partial charge on any atom is -0.497 e. The molecule has 0 bridgehead atoms. The van der Waals surface area contributed by atoms with Crippen LogP contribution in [-0.4, -0.2) is 163 Å². The number of benzene rings is 4. The van der Waals surface area contributed by atoms with Gasteiger partial charge in [-0.2, -0.15) is 16.8 Å². The Morgan fingerprint density at radius 1 is 0.663 bits per heavy atom. The van der Waals surface area contributed by atoms with Gasteiger partial charge in [0.05, 0.1) is 36.6 Å². The molecule has 2 aliphatic rings. The van der Waals surface area contributed by atoms with Crippen molar-refractivity contribution in [2.24, 2.45) is 10.3 Å². The zero-order valence-electron chi connectivity index (χ0n) is 48.8. The summed E-state index contributed by atoms with van der Waals surface area (Å²) in [4.78, 5) is 45.7. The molecule has 7 N–H and O–H groups in total. The number of carbonyl (C=O) groups is 2. The first-order valence-electron chi connectivity index (χ1n) is 27.0. The number of nitrogens with one attached hydrogen (secondary N) is 1. The van der Waals surface area contributed by atoms with Gasteiger partial charge in [-0.15, -0.1) is 23.2 Å². The average molecular weight is 1250 g/mol. The van der Waals surface area contributed by atoms with Gasteiger partial charge in [0.1, 0.15) is 24.2 Å². The number of nitrogens with zero attached hydrogens (tertiary/aromatic N) is 9. The summed E-state index contributed by atoms with van der Waals surface area (Å²) < 4.78 is 56.8. The molecule has 0 aliphatic carbocycles. The highest BCUT2D eigenvalue weighted by Gasteiger charge is 2.28. The number of nitrogen functional groups attached to an aromatic ring is 1. The van der Waals surface area contributed by atoms with Crippen LogP contribution >= 0.6 is 33.9 Å². The first kappa shape index (κ1) is 69.5. The summed E-state index contributed by atoms with van der Waals surface area (Å²) in [6.45, 7) is 17.8. The van der Waals surface area contributed by atoms with Crippen molar-refractivity contribution < 1.29 is 35.9 Å². The lowest BCUT2D eigenvalue weighted by Crippen LogP contribution is -2.46. The molecular weight excluding hydrogens is 1170 g/mol. The molecule has 2 aliphatic heterocycles. The van der Waals surface area contributed by atoms with Crippen LogP contribution in [0.2, 0.25) is 0 Å². The number of methoxy groups -OCH3 is 2. The quantitative estimate of drug-likeness (QED) is 0.0424. The molecule has 456 valence electrons. The number of nitrogens with two attached hydrogens (primary N) is 3. The van der Waals surface area contributed by atoms with E-state index in [1.165, 1.54) is 22.0 Å². The highest BCUT2D eigenvalue weighted by Crippen LogP contribution is 2.26. The van der Waals surface area contributed by atoms with E-state index in [1.54, 1.807) is 66.7 Å². The summed E-state index contributed by atoms with van der Waals surface area (Å²) in [5, 5.41) is 9.33. The van der Waals surface area contributed by atoms with E-state index >= 15 is 0 Å². The van der Waals surface area contributed by atoms with Crippen LogP contribution < -0.4 is 30.2 Å². The molecule has 2 saturated heterocycles. The van der Waals surface area contributed by atoms with Crippen LogP contribution in [0.15, 0.2) is 122 Å². The van der Waals surface area contributed by atoms with E-state index in [0.29, 0.717) is 34.7 Å². The topological polar surface area (TPSA) is 263 Å². The van der Waals surface area contributed by atoms with Crippen molar-refractivity contribution in [3.8, 4) is 34.0 Å². The SMILES string of the molecule is CCN(C(C)C)C(C)C.COc1cccc(CN2CCC(N(C)C(=O)n3cnc(-c4cccc(N)c4)c3)CC2)c1.COc1cccc(CN2CCC(N(C)C(=O)n3cnc(-c4cccc(NS(N)(=O)=O)c4)c3)CC2)c1.ClCCl.NS(=O)(=O)Cl. The third-order valence-corrected chi connectivity index (χ3v) is 14.3. The Labute approximate surface area is 505 Å². The molecule has 0 spiro atoms. The van der Waals surface area contributed by atoms with Gasteiger partial charge < -0.3 is 25.0 Å². The van der Waals surface area contributed by atoms with Gasteiger partial charge in [-0.25, -0.2) is 29.8 Å².